The van der Waals surface area contributed by atoms with Crippen molar-refractivity contribution in [2.75, 3.05) is 10.6 Å². The van der Waals surface area contributed by atoms with Gasteiger partial charge in [-0.25, -0.2) is 28.7 Å². The Morgan fingerprint density at radius 2 is 2.07 bits per heavy atom. The monoisotopic (exact) mass is 414 g/mol. The minimum atomic E-state index is -2.95. The quantitative estimate of drug-likeness (QED) is 0.497. The highest BCUT2D eigenvalue weighted by Crippen LogP contribution is 2.34. The zero-order valence-electron chi connectivity index (χ0n) is 15.8. The van der Waals surface area contributed by atoms with Crippen molar-refractivity contribution in [3.05, 3.63) is 42.6 Å². The zero-order chi connectivity index (χ0) is 21.3. The Bertz CT molecular complexity index is 1090. The molecule has 1 saturated carbocycles. The molecule has 0 radical (unpaired) electrons. The summed E-state index contributed by atoms with van der Waals surface area (Å²) in [6.07, 6.45) is 4.95. The molecule has 1 amide bonds. The summed E-state index contributed by atoms with van der Waals surface area (Å²) < 4.78 is 27.9. The Kier molecular flexibility index (Phi) is 5.12. The van der Waals surface area contributed by atoms with Crippen molar-refractivity contribution in [3.63, 3.8) is 0 Å². The van der Waals surface area contributed by atoms with Crippen LogP contribution in [0.1, 0.15) is 29.8 Å². The third-order valence-corrected chi connectivity index (χ3v) is 5.05. The van der Waals surface area contributed by atoms with Gasteiger partial charge in [0.15, 0.2) is 11.5 Å². The second-order valence-corrected chi connectivity index (χ2v) is 7.17. The van der Waals surface area contributed by atoms with Crippen LogP contribution in [-0.2, 0) is 0 Å². The number of primary amides is 1. The smallest absolute Gasteiger partial charge is 0.271 e. The predicted octanol–water partition coefficient (Wildman–Crippen LogP) is 2.19. The van der Waals surface area contributed by atoms with Crippen LogP contribution in [0.25, 0.3) is 10.9 Å². The Morgan fingerprint density at radius 3 is 2.87 bits per heavy atom. The average molecular weight is 414 g/mol. The van der Waals surface area contributed by atoms with Gasteiger partial charge in [0.2, 0.25) is 0 Å². The number of anilines is 3. The van der Waals surface area contributed by atoms with Crippen LogP contribution in [0.5, 0.6) is 0 Å². The molecule has 0 saturated heterocycles. The van der Waals surface area contributed by atoms with Gasteiger partial charge in [0.25, 0.3) is 11.8 Å². The molecule has 1 aromatic carbocycles. The van der Waals surface area contributed by atoms with Crippen molar-refractivity contribution >= 4 is 34.1 Å². The molecule has 30 heavy (non-hydrogen) atoms. The maximum absolute atomic E-state index is 13.9. The number of carbonyl (C=O) groups excluding carboxylic acids is 1. The second-order valence-electron chi connectivity index (χ2n) is 7.17. The van der Waals surface area contributed by atoms with Gasteiger partial charge in [-0.1, -0.05) is 0 Å². The third kappa shape index (κ3) is 3.96. The maximum Gasteiger partial charge on any atom is 0.271 e. The lowest BCUT2D eigenvalue weighted by Gasteiger charge is -2.36. The number of amides is 1. The van der Waals surface area contributed by atoms with Crippen LogP contribution in [0, 0.1) is 0 Å². The Morgan fingerprint density at radius 1 is 1.23 bits per heavy atom. The first kappa shape index (κ1) is 19.8. The third-order valence-electron chi connectivity index (χ3n) is 5.05. The zero-order valence-corrected chi connectivity index (χ0v) is 15.8. The first-order valence-electron chi connectivity index (χ1n) is 9.37. The Hall–Kier alpha value is -3.47. The van der Waals surface area contributed by atoms with E-state index in [1.807, 2.05) is 0 Å². The molecule has 11 heteroatoms. The predicted molar refractivity (Wildman–Crippen MR) is 108 cm³/mol. The molecule has 1 aliphatic carbocycles. The van der Waals surface area contributed by atoms with Crippen LogP contribution in [0.15, 0.2) is 36.9 Å². The lowest BCUT2D eigenvalue weighted by atomic mass is 9.87. The summed E-state index contributed by atoms with van der Waals surface area (Å²) >= 11 is 0. The van der Waals surface area contributed by atoms with E-state index in [4.69, 9.17) is 11.5 Å². The first-order chi connectivity index (χ1) is 14.3. The first-order valence-corrected chi connectivity index (χ1v) is 9.37. The molecule has 0 aliphatic heterocycles. The van der Waals surface area contributed by atoms with Gasteiger partial charge < -0.3 is 22.1 Å². The van der Waals surface area contributed by atoms with Gasteiger partial charge in [0.1, 0.15) is 12.1 Å². The topological polar surface area (TPSA) is 145 Å². The molecule has 9 nitrogen and oxygen atoms in total. The SMILES string of the molecule is NC(=O)c1ncc(N[C@@H]2CCCC(F)(F)[C@@H]2N)nc1Nc1ccc2ncncc2c1. The molecular weight excluding hydrogens is 394 g/mol. The molecule has 6 N–H and O–H groups in total. The lowest BCUT2D eigenvalue weighted by Crippen LogP contribution is -2.55. The van der Waals surface area contributed by atoms with E-state index < -0.39 is 23.9 Å². The second kappa shape index (κ2) is 7.75. The van der Waals surface area contributed by atoms with Gasteiger partial charge in [-0.2, -0.15) is 0 Å². The van der Waals surface area contributed by atoms with Crippen LogP contribution in [0.2, 0.25) is 0 Å². The number of hydrogen-bond acceptors (Lipinski definition) is 8. The number of nitrogens with one attached hydrogen (secondary N) is 2. The molecule has 1 fully saturated rings. The number of aromatic nitrogens is 4. The molecule has 2 atom stereocenters. The molecule has 2 aromatic heterocycles. The van der Waals surface area contributed by atoms with E-state index in [0.717, 1.165) is 10.9 Å². The van der Waals surface area contributed by atoms with Gasteiger partial charge in [-0.05, 0) is 31.0 Å². The van der Waals surface area contributed by atoms with Crippen LogP contribution in [0.4, 0.5) is 26.1 Å². The van der Waals surface area contributed by atoms with E-state index in [0.29, 0.717) is 18.5 Å². The average Bonchev–Trinajstić information content (AvgIpc) is 2.71. The van der Waals surface area contributed by atoms with E-state index in [1.54, 1.807) is 24.4 Å². The summed E-state index contributed by atoms with van der Waals surface area (Å²) in [5.74, 6) is -3.42. The van der Waals surface area contributed by atoms with E-state index in [-0.39, 0.29) is 23.8 Å². The number of carbonyl (C=O) groups is 1. The summed E-state index contributed by atoms with van der Waals surface area (Å²) in [5.41, 5.74) is 12.4. The number of fused-ring (bicyclic) bond motifs is 1. The fourth-order valence-electron chi connectivity index (χ4n) is 3.48. The molecular formula is C19H20F2N8O. The van der Waals surface area contributed by atoms with Gasteiger partial charge in [0, 0.05) is 29.7 Å². The molecule has 3 aromatic rings. The van der Waals surface area contributed by atoms with Crippen LogP contribution in [0.3, 0.4) is 0 Å². The number of alkyl halides is 2. The normalized spacial score (nSPS) is 20.6. The summed E-state index contributed by atoms with van der Waals surface area (Å²) in [6.45, 7) is 0. The van der Waals surface area contributed by atoms with E-state index in [1.165, 1.54) is 12.5 Å². The van der Waals surface area contributed by atoms with Crippen molar-refractivity contribution in [2.24, 2.45) is 11.5 Å². The maximum atomic E-state index is 13.9. The highest BCUT2D eigenvalue weighted by Gasteiger charge is 2.44. The van der Waals surface area contributed by atoms with Gasteiger partial charge in [0.05, 0.1) is 17.8 Å². The van der Waals surface area contributed by atoms with E-state index in [2.05, 4.69) is 30.6 Å². The molecule has 0 unspecified atom stereocenters. The highest BCUT2D eigenvalue weighted by molar-refractivity contribution is 5.96. The molecule has 0 bridgehead atoms. The van der Waals surface area contributed by atoms with Crippen molar-refractivity contribution in [3.8, 4) is 0 Å². The van der Waals surface area contributed by atoms with Crippen molar-refractivity contribution in [2.45, 2.75) is 37.3 Å². The van der Waals surface area contributed by atoms with E-state index >= 15 is 0 Å². The molecule has 156 valence electrons. The van der Waals surface area contributed by atoms with Crippen LogP contribution in [-0.4, -0.2) is 43.8 Å². The van der Waals surface area contributed by atoms with Crippen molar-refractivity contribution in [1.82, 2.24) is 19.9 Å². The minimum absolute atomic E-state index is 0.0803. The largest absolute Gasteiger partial charge is 0.364 e. The van der Waals surface area contributed by atoms with Gasteiger partial charge in [-0.3, -0.25) is 4.79 Å². The minimum Gasteiger partial charge on any atom is -0.364 e. The molecule has 2 heterocycles. The lowest BCUT2D eigenvalue weighted by molar-refractivity contribution is -0.0554. The van der Waals surface area contributed by atoms with Crippen molar-refractivity contribution in [1.29, 1.82) is 0 Å². The number of halogens is 2. The standard InChI is InChI=1S/C19H20F2N8O/c20-19(21)5-1-2-13(16(19)22)28-14-8-25-15(17(23)30)18(29-14)27-11-3-4-12-10(6-11)7-24-9-26-12/h3-4,6-9,13,16H,1-2,5,22H2,(H2,23,30)(H2,27,28,29)/t13-,16-/m1/s1. The highest BCUT2D eigenvalue weighted by atomic mass is 19.3. The fourth-order valence-corrected chi connectivity index (χ4v) is 3.48. The molecule has 1 aliphatic rings. The number of nitrogens with zero attached hydrogens (tertiary/aromatic N) is 4. The Labute approximate surface area is 170 Å². The summed E-state index contributed by atoms with van der Waals surface area (Å²) in [6, 6.07) is 3.29. The number of hydrogen-bond donors (Lipinski definition) is 4. The summed E-state index contributed by atoms with van der Waals surface area (Å²) in [4.78, 5) is 28.3. The summed E-state index contributed by atoms with van der Waals surface area (Å²) in [7, 11) is 0. The van der Waals surface area contributed by atoms with Gasteiger partial charge >= 0.3 is 0 Å². The fraction of sp³-hybridized carbons (Fsp3) is 0.316. The molecule has 0 spiro atoms. The number of benzene rings is 1. The molecule has 4 rings (SSSR count). The van der Waals surface area contributed by atoms with E-state index in [9.17, 15) is 13.6 Å². The van der Waals surface area contributed by atoms with Gasteiger partial charge in [-0.15, -0.1) is 0 Å². The van der Waals surface area contributed by atoms with Crippen LogP contribution < -0.4 is 22.1 Å². The van der Waals surface area contributed by atoms with Crippen LogP contribution >= 0.6 is 0 Å². The Balaban J connectivity index is 1.62. The van der Waals surface area contributed by atoms with Crippen molar-refractivity contribution < 1.29 is 13.6 Å². The summed E-state index contributed by atoms with van der Waals surface area (Å²) in [5, 5.41) is 6.70. The number of rotatable bonds is 5. The number of nitrogens with two attached hydrogens (primary N) is 2.